The van der Waals surface area contributed by atoms with Gasteiger partial charge in [-0.05, 0) is 31.5 Å². The van der Waals surface area contributed by atoms with Crippen LogP contribution >= 0.6 is 11.3 Å². The van der Waals surface area contributed by atoms with Crippen LogP contribution in [0.3, 0.4) is 0 Å². The van der Waals surface area contributed by atoms with Crippen LogP contribution in [0.15, 0.2) is 35.8 Å². The highest BCUT2D eigenvalue weighted by molar-refractivity contribution is 7.13. The molecule has 2 N–H and O–H groups in total. The average molecular weight is 273 g/mol. The van der Waals surface area contributed by atoms with Crippen molar-refractivity contribution in [3.8, 4) is 10.6 Å². The second-order valence-corrected chi connectivity index (χ2v) is 5.45. The summed E-state index contributed by atoms with van der Waals surface area (Å²) in [6.45, 7) is 0.928. The number of aromatic nitrogens is 1. The van der Waals surface area contributed by atoms with E-state index >= 15 is 0 Å². The predicted octanol–water partition coefficient (Wildman–Crippen LogP) is 2.50. The third kappa shape index (κ3) is 2.83. The smallest absolute Gasteiger partial charge is 0.241 e. The Morgan fingerprint density at radius 1 is 1.47 bits per heavy atom. The normalized spacial score (nSPS) is 18.4. The fourth-order valence-electron chi connectivity index (χ4n) is 2.23. The Bertz CT molecular complexity index is 562. The van der Waals surface area contributed by atoms with Gasteiger partial charge in [-0.1, -0.05) is 12.1 Å². The lowest BCUT2D eigenvalue weighted by molar-refractivity contribution is -0.117. The highest BCUT2D eigenvalue weighted by atomic mass is 32.1. The molecule has 4 nitrogen and oxygen atoms in total. The first-order chi connectivity index (χ1) is 9.33. The Kier molecular flexibility index (Phi) is 3.57. The zero-order chi connectivity index (χ0) is 13.1. The molecule has 2 aromatic rings. The summed E-state index contributed by atoms with van der Waals surface area (Å²) in [6, 6.07) is 7.76. The van der Waals surface area contributed by atoms with E-state index in [0.29, 0.717) is 0 Å². The lowest BCUT2D eigenvalue weighted by atomic mass is 10.2. The fraction of sp³-hybridized carbons (Fsp3) is 0.286. The van der Waals surface area contributed by atoms with Gasteiger partial charge in [0, 0.05) is 22.8 Å². The molecule has 0 radical (unpaired) electrons. The first kappa shape index (κ1) is 12.3. The van der Waals surface area contributed by atoms with Crippen molar-refractivity contribution >= 4 is 22.9 Å². The summed E-state index contributed by atoms with van der Waals surface area (Å²) in [5.74, 6) is 0.0498. The number of thiazole rings is 1. The zero-order valence-corrected chi connectivity index (χ0v) is 11.2. The van der Waals surface area contributed by atoms with Gasteiger partial charge in [0.2, 0.25) is 5.91 Å². The van der Waals surface area contributed by atoms with Crippen molar-refractivity contribution < 1.29 is 4.79 Å². The first-order valence-corrected chi connectivity index (χ1v) is 7.25. The Morgan fingerprint density at radius 3 is 3.16 bits per heavy atom. The fourth-order valence-corrected chi connectivity index (χ4v) is 2.87. The quantitative estimate of drug-likeness (QED) is 0.903. The molecule has 98 valence electrons. The van der Waals surface area contributed by atoms with Crippen LogP contribution < -0.4 is 10.6 Å². The van der Waals surface area contributed by atoms with Gasteiger partial charge in [-0.3, -0.25) is 4.79 Å². The summed E-state index contributed by atoms with van der Waals surface area (Å²) >= 11 is 1.59. The lowest BCUT2D eigenvalue weighted by Gasteiger charge is -2.11. The molecule has 19 heavy (non-hydrogen) atoms. The van der Waals surface area contributed by atoms with Crippen molar-refractivity contribution in [2.75, 3.05) is 11.9 Å². The molecule has 1 aromatic heterocycles. The second kappa shape index (κ2) is 5.50. The van der Waals surface area contributed by atoms with Gasteiger partial charge in [0.05, 0.1) is 6.04 Å². The van der Waals surface area contributed by atoms with E-state index in [2.05, 4.69) is 15.6 Å². The summed E-state index contributed by atoms with van der Waals surface area (Å²) in [7, 11) is 0. The summed E-state index contributed by atoms with van der Waals surface area (Å²) in [5, 5.41) is 9.07. The van der Waals surface area contributed by atoms with Gasteiger partial charge in [-0.2, -0.15) is 0 Å². The van der Waals surface area contributed by atoms with E-state index in [1.54, 1.807) is 17.5 Å². The Balaban J connectivity index is 1.74. The predicted molar refractivity (Wildman–Crippen MR) is 77.2 cm³/mol. The van der Waals surface area contributed by atoms with E-state index in [4.69, 9.17) is 0 Å². The van der Waals surface area contributed by atoms with Crippen molar-refractivity contribution in [2.45, 2.75) is 18.9 Å². The van der Waals surface area contributed by atoms with Gasteiger partial charge in [-0.15, -0.1) is 11.3 Å². The summed E-state index contributed by atoms with van der Waals surface area (Å²) < 4.78 is 0. The Morgan fingerprint density at radius 2 is 2.42 bits per heavy atom. The van der Waals surface area contributed by atoms with Gasteiger partial charge in [0.1, 0.15) is 5.01 Å². The Hall–Kier alpha value is -1.72. The summed E-state index contributed by atoms with van der Waals surface area (Å²) in [4.78, 5) is 16.3. The van der Waals surface area contributed by atoms with E-state index in [1.807, 2.05) is 29.6 Å². The van der Waals surface area contributed by atoms with Gasteiger partial charge in [0.15, 0.2) is 0 Å². The standard InChI is InChI=1S/C14H15N3OS/c18-13(12-5-2-6-15-12)17-11-4-1-3-10(9-11)14-16-7-8-19-14/h1,3-4,7-9,12,15H,2,5-6H2,(H,17,18)/t12-/m1/s1. The number of anilines is 1. The van der Waals surface area contributed by atoms with Gasteiger partial charge < -0.3 is 10.6 Å². The number of rotatable bonds is 3. The highest BCUT2D eigenvalue weighted by Gasteiger charge is 2.21. The number of amides is 1. The molecule has 1 aromatic carbocycles. The largest absolute Gasteiger partial charge is 0.325 e. The number of hydrogen-bond acceptors (Lipinski definition) is 4. The molecule has 1 atom stereocenters. The minimum Gasteiger partial charge on any atom is -0.325 e. The van der Waals surface area contributed by atoms with Gasteiger partial charge in [0.25, 0.3) is 0 Å². The molecule has 1 aliphatic heterocycles. The number of carbonyl (C=O) groups excluding carboxylic acids is 1. The summed E-state index contributed by atoms with van der Waals surface area (Å²) in [6.07, 6.45) is 3.77. The molecule has 3 rings (SSSR count). The van der Waals surface area contributed by atoms with Gasteiger partial charge in [-0.25, -0.2) is 4.98 Å². The molecule has 2 heterocycles. The van der Waals surface area contributed by atoms with E-state index in [1.165, 1.54) is 0 Å². The van der Waals surface area contributed by atoms with Crippen LogP contribution in [0, 0.1) is 0 Å². The van der Waals surface area contributed by atoms with Crippen LogP contribution in [0.25, 0.3) is 10.6 Å². The minimum atomic E-state index is -0.0523. The summed E-state index contributed by atoms with van der Waals surface area (Å²) in [5.41, 5.74) is 1.86. The van der Waals surface area contributed by atoms with Crippen molar-refractivity contribution in [3.63, 3.8) is 0 Å². The number of carbonyl (C=O) groups is 1. The van der Waals surface area contributed by atoms with Crippen molar-refractivity contribution in [3.05, 3.63) is 35.8 Å². The molecule has 0 bridgehead atoms. The third-order valence-electron chi connectivity index (χ3n) is 3.19. The number of benzene rings is 1. The zero-order valence-electron chi connectivity index (χ0n) is 10.4. The molecule has 0 saturated carbocycles. The Labute approximate surface area is 115 Å². The maximum Gasteiger partial charge on any atom is 0.241 e. The van der Waals surface area contributed by atoms with Gasteiger partial charge >= 0.3 is 0 Å². The van der Waals surface area contributed by atoms with E-state index in [-0.39, 0.29) is 11.9 Å². The topological polar surface area (TPSA) is 54.0 Å². The molecule has 0 spiro atoms. The van der Waals surface area contributed by atoms with Crippen LogP contribution in [0.1, 0.15) is 12.8 Å². The lowest BCUT2D eigenvalue weighted by Crippen LogP contribution is -2.35. The molecule has 5 heteroatoms. The van der Waals surface area contributed by atoms with Crippen LogP contribution in [0.5, 0.6) is 0 Å². The number of nitrogens with zero attached hydrogens (tertiary/aromatic N) is 1. The van der Waals surface area contributed by atoms with Crippen LogP contribution in [-0.4, -0.2) is 23.5 Å². The molecule has 0 aliphatic carbocycles. The SMILES string of the molecule is O=C(Nc1cccc(-c2nccs2)c1)[C@H]1CCCN1. The van der Waals surface area contributed by atoms with Crippen LogP contribution in [0.2, 0.25) is 0 Å². The first-order valence-electron chi connectivity index (χ1n) is 6.37. The second-order valence-electron chi connectivity index (χ2n) is 4.56. The minimum absolute atomic E-state index is 0.0498. The maximum absolute atomic E-state index is 12.0. The number of hydrogen-bond donors (Lipinski definition) is 2. The molecular weight excluding hydrogens is 258 g/mol. The van der Waals surface area contributed by atoms with E-state index in [0.717, 1.165) is 35.6 Å². The van der Waals surface area contributed by atoms with Crippen molar-refractivity contribution in [1.29, 1.82) is 0 Å². The molecule has 0 unspecified atom stereocenters. The highest BCUT2D eigenvalue weighted by Crippen LogP contribution is 2.24. The van der Waals surface area contributed by atoms with E-state index in [9.17, 15) is 4.79 Å². The third-order valence-corrected chi connectivity index (χ3v) is 4.01. The van der Waals surface area contributed by atoms with Crippen molar-refractivity contribution in [1.82, 2.24) is 10.3 Å². The molecule has 1 fully saturated rings. The average Bonchev–Trinajstić information content (AvgIpc) is 3.13. The monoisotopic (exact) mass is 273 g/mol. The molecule has 1 aliphatic rings. The molecule has 1 saturated heterocycles. The number of nitrogens with one attached hydrogen (secondary N) is 2. The van der Waals surface area contributed by atoms with Crippen LogP contribution in [-0.2, 0) is 4.79 Å². The van der Waals surface area contributed by atoms with Crippen molar-refractivity contribution in [2.24, 2.45) is 0 Å². The van der Waals surface area contributed by atoms with Crippen LogP contribution in [0.4, 0.5) is 5.69 Å². The maximum atomic E-state index is 12.0. The van der Waals surface area contributed by atoms with E-state index < -0.39 is 0 Å². The molecular formula is C14H15N3OS. The molecule has 1 amide bonds.